The number of hydrogen-bond donors (Lipinski definition) is 2. The molecule has 3 rings (SSSR count). The van der Waals surface area contributed by atoms with E-state index in [9.17, 15) is 5.11 Å². The predicted octanol–water partition coefficient (Wildman–Crippen LogP) is 1.84. The topological polar surface area (TPSA) is 41.5 Å². The summed E-state index contributed by atoms with van der Waals surface area (Å²) in [6.45, 7) is 1.93. The van der Waals surface area contributed by atoms with Gasteiger partial charge in [0, 0.05) is 6.54 Å². The Kier molecular flexibility index (Phi) is 3.42. The second-order valence-corrected chi connectivity index (χ2v) is 6.22. The predicted molar refractivity (Wildman–Crippen MR) is 66.9 cm³/mol. The summed E-state index contributed by atoms with van der Waals surface area (Å²) in [5.41, 5.74) is 0.248. The van der Waals surface area contributed by atoms with E-state index in [1.807, 2.05) is 0 Å². The van der Waals surface area contributed by atoms with E-state index in [0.717, 1.165) is 25.9 Å². The maximum atomic E-state index is 9.99. The van der Waals surface area contributed by atoms with Crippen molar-refractivity contribution < 1.29 is 9.84 Å². The van der Waals surface area contributed by atoms with Crippen LogP contribution in [0.4, 0.5) is 0 Å². The van der Waals surface area contributed by atoms with E-state index in [-0.39, 0.29) is 11.7 Å². The third-order valence-electron chi connectivity index (χ3n) is 4.99. The van der Waals surface area contributed by atoms with Crippen LogP contribution in [0.5, 0.6) is 0 Å². The van der Waals surface area contributed by atoms with Gasteiger partial charge in [0.1, 0.15) is 0 Å². The fourth-order valence-electron chi connectivity index (χ4n) is 3.94. The van der Waals surface area contributed by atoms with Crippen molar-refractivity contribution >= 4 is 0 Å². The van der Waals surface area contributed by atoms with Gasteiger partial charge in [-0.15, -0.1) is 0 Å². The molecule has 3 aliphatic rings. The van der Waals surface area contributed by atoms with Gasteiger partial charge < -0.3 is 15.2 Å². The van der Waals surface area contributed by atoms with Crippen LogP contribution in [0.2, 0.25) is 0 Å². The van der Waals surface area contributed by atoms with Gasteiger partial charge in [-0.05, 0) is 51.0 Å². The van der Waals surface area contributed by atoms with Gasteiger partial charge in [0.2, 0.25) is 0 Å². The number of rotatable bonds is 2. The van der Waals surface area contributed by atoms with Crippen molar-refractivity contribution in [1.82, 2.24) is 5.32 Å². The first-order valence-corrected chi connectivity index (χ1v) is 7.34. The molecule has 0 aromatic rings. The van der Waals surface area contributed by atoms with Crippen molar-refractivity contribution in [3.8, 4) is 0 Å². The molecule has 0 aromatic carbocycles. The second kappa shape index (κ2) is 4.87. The number of aliphatic hydroxyl groups excluding tert-OH is 1. The van der Waals surface area contributed by atoms with Crippen LogP contribution in [-0.4, -0.2) is 36.0 Å². The van der Waals surface area contributed by atoms with E-state index in [1.54, 1.807) is 0 Å². The molecule has 3 fully saturated rings. The van der Waals surface area contributed by atoms with Crippen LogP contribution in [0.1, 0.15) is 51.4 Å². The Balaban J connectivity index is 1.52. The van der Waals surface area contributed by atoms with Crippen molar-refractivity contribution in [2.24, 2.45) is 5.92 Å². The highest BCUT2D eigenvalue weighted by Gasteiger charge is 2.43. The van der Waals surface area contributed by atoms with Gasteiger partial charge in [-0.25, -0.2) is 0 Å². The number of nitrogens with one attached hydrogen (secondary N) is 1. The summed E-state index contributed by atoms with van der Waals surface area (Å²) < 4.78 is 6.32. The van der Waals surface area contributed by atoms with Gasteiger partial charge in [-0.1, -0.05) is 12.8 Å². The Labute approximate surface area is 104 Å². The van der Waals surface area contributed by atoms with Gasteiger partial charge in [-0.3, -0.25) is 0 Å². The standard InChI is InChI=1S/C14H25NO2/c16-13-4-8-15-10-11(13)9-12-3-7-14(17-12)5-1-2-6-14/h11-13,15-16H,1-10H2. The van der Waals surface area contributed by atoms with Crippen molar-refractivity contribution in [3.63, 3.8) is 0 Å². The van der Waals surface area contributed by atoms with E-state index >= 15 is 0 Å². The molecule has 1 saturated carbocycles. The molecule has 1 aliphatic carbocycles. The SMILES string of the molecule is OC1CCNCC1CC1CCC2(CCCC2)O1. The lowest BCUT2D eigenvalue weighted by atomic mass is 9.89. The van der Waals surface area contributed by atoms with Crippen LogP contribution in [0, 0.1) is 5.92 Å². The Bertz CT molecular complexity index is 263. The van der Waals surface area contributed by atoms with Crippen LogP contribution >= 0.6 is 0 Å². The minimum Gasteiger partial charge on any atom is -0.393 e. The highest BCUT2D eigenvalue weighted by atomic mass is 16.5. The summed E-state index contributed by atoms with van der Waals surface area (Å²) in [5, 5.41) is 13.4. The smallest absolute Gasteiger partial charge is 0.0687 e. The third-order valence-corrected chi connectivity index (χ3v) is 4.99. The first kappa shape index (κ1) is 11.9. The van der Waals surface area contributed by atoms with Crippen LogP contribution in [0.25, 0.3) is 0 Å². The number of aliphatic hydroxyl groups is 1. The van der Waals surface area contributed by atoms with Gasteiger partial charge in [0.05, 0.1) is 17.8 Å². The zero-order valence-corrected chi connectivity index (χ0v) is 10.7. The maximum Gasteiger partial charge on any atom is 0.0687 e. The van der Waals surface area contributed by atoms with E-state index in [2.05, 4.69) is 5.32 Å². The van der Waals surface area contributed by atoms with Gasteiger partial charge in [0.25, 0.3) is 0 Å². The average Bonchev–Trinajstić information content (AvgIpc) is 2.94. The van der Waals surface area contributed by atoms with E-state index < -0.39 is 0 Å². The van der Waals surface area contributed by atoms with Crippen LogP contribution < -0.4 is 5.32 Å². The monoisotopic (exact) mass is 239 g/mol. The number of hydrogen-bond acceptors (Lipinski definition) is 3. The first-order chi connectivity index (χ1) is 8.27. The summed E-state index contributed by atoms with van der Waals surface area (Å²) in [6, 6.07) is 0. The van der Waals surface area contributed by atoms with Gasteiger partial charge in [0.15, 0.2) is 0 Å². The van der Waals surface area contributed by atoms with Crippen molar-refractivity contribution in [3.05, 3.63) is 0 Å². The number of piperidine rings is 1. The minimum atomic E-state index is -0.111. The Morgan fingerprint density at radius 3 is 2.76 bits per heavy atom. The molecule has 17 heavy (non-hydrogen) atoms. The summed E-state index contributed by atoms with van der Waals surface area (Å²) in [7, 11) is 0. The Morgan fingerprint density at radius 2 is 2.00 bits per heavy atom. The second-order valence-electron chi connectivity index (χ2n) is 6.22. The van der Waals surface area contributed by atoms with Crippen molar-refractivity contribution in [2.45, 2.75) is 69.2 Å². The molecule has 0 aromatic heterocycles. The van der Waals surface area contributed by atoms with Gasteiger partial charge >= 0.3 is 0 Å². The summed E-state index contributed by atoms with van der Waals surface area (Å²) >= 11 is 0. The van der Waals surface area contributed by atoms with Crippen LogP contribution in [0.3, 0.4) is 0 Å². The first-order valence-electron chi connectivity index (χ1n) is 7.34. The Hall–Kier alpha value is -0.120. The fourth-order valence-corrected chi connectivity index (χ4v) is 3.94. The normalized spacial score (nSPS) is 41.1. The molecule has 0 amide bonds. The molecule has 2 aliphatic heterocycles. The van der Waals surface area contributed by atoms with Gasteiger partial charge in [-0.2, -0.15) is 0 Å². The maximum absolute atomic E-state index is 9.99. The summed E-state index contributed by atoms with van der Waals surface area (Å²) in [6.07, 6.45) is 9.97. The lowest BCUT2D eigenvalue weighted by Crippen LogP contribution is -2.41. The molecule has 3 unspecified atom stereocenters. The molecule has 3 nitrogen and oxygen atoms in total. The van der Waals surface area contributed by atoms with Crippen LogP contribution in [0.15, 0.2) is 0 Å². The molecule has 3 heteroatoms. The molecule has 2 heterocycles. The average molecular weight is 239 g/mol. The fraction of sp³-hybridized carbons (Fsp3) is 1.00. The highest BCUT2D eigenvalue weighted by Crippen LogP contribution is 2.44. The number of ether oxygens (including phenoxy) is 1. The van der Waals surface area contributed by atoms with Crippen LogP contribution in [-0.2, 0) is 4.74 Å². The molecular weight excluding hydrogens is 214 g/mol. The summed E-state index contributed by atoms with van der Waals surface area (Å²) in [5.74, 6) is 0.408. The zero-order chi connectivity index (χ0) is 11.7. The van der Waals surface area contributed by atoms with Crippen molar-refractivity contribution in [1.29, 1.82) is 0 Å². The Morgan fingerprint density at radius 1 is 1.18 bits per heavy atom. The molecule has 98 valence electrons. The quantitative estimate of drug-likeness (QED) is 0.772. The molecule has 3 atom stereocenters. The molecule has 1 spiro atoms. The third kappa shape index (κ3) is 2.51. The zero-order valence-electron chi connectivity index (χ0n) is 10.7. The largest absolute Gasteiger partial charge is 0.393 e. The summed E-state index contributed by atoms with van der Waals surface area (Å²) in [4.78, 5) is 0. The van der Waals surface area contributed by atoms with E-state index in [1.165, 1.54) is 38.5 Å². The van der Waals surface area contributed by atoms with Crippen molar-refractivity contribution in [2.75, 3.05) is 13.1 Å². The molecular formula is C14H25NO2. The molecule has 2 N–H and O–H groups in total. The van der Waals surface area contributed by atoms with E-state index in [0.29, 0.717) is 12.0 Å². The van der Waals surface area contributed by atoms with E-state index in [4.69, 9.17) is 4.74 Å². The minimum absolute atomic E-state index is 0.111. The lowest BCUT2D eigenvalue weighted by molar-refractivity contribution is -0.0545. The highest BCUT2D eigenvalue weighted by molar-refractivity contribution is 4.94. The lowest BCUT2D eigenvalue weighted by Gasteiger charge is -2.31. The molecule has 2 saturated heterocycles. The molecule has 0 bridgehead atoms. The molecule has 0 radical (unpaired) electrons.